The maximum Gasteiger partial charge on any atom is 0.240 e. The number of carbonyl (C=O) groups excluding carboxylic acids is 2. The molecule has 22 heavy (non-hydrogen) atoms. The number of hydrogen-bond donors (Lipinski definition) is 1. The van der Waals surface area contributed by atoms with E-state index in [1.165, 1.54) is 4.90 Å². The number of amides is 2. The van der Waals surface area contributed by atoms with E-state index in [9.17, 15) is 18.4 Å². The lowest BCUT2D eigenvalue weighted by atomic mass is 9.72. The van der Waals surface area contributed by atoms with Crippen LogP contribution in [0, 0.1) is 23.5 Å². The molecule has 4 nitrogen and oxygen atoms in total. The fourth-order valence-electron chi connectivity index (χ4n) is 3.59. The minimum absolute atomic E-state index is 0.0498. The van der Waals surface area contributed by atoms with Gasteiger partial charge in [0, 0.05) is 6.07 Å². The van der Waals surface area contributed by atoms with Crippen LogP contribution in [0.2, 0.25) is 0 Å². The highest BCUT2D eigenvalue weighted by molar-refractivity contribution is 6.06. The van der Waals surface area contributed by atoms with Crippen LogP contribution in [-0.4, -0.2) is 17.9 Å². The van der Waals surface area contributed by atoms with Gasteiger partial charge in [-0.25, -0.2) is 8.78 Å². The van der Waals surface area contributed by atoms with E-state index in [1.54, 1.807) is 0 Å². The lowest BCUT2D eigenvalue weighted by molar-refractivity contribution is -0.126. The molecule has 117 valence electrons. The minimum atomic E-state index is -0.861. The molecule has 1 aliphatic heterocycles. The summed E-state index contributed by atoms with van der Waals surface area (Å²) < 4.78 is 26.9. The first-order valence-electron chi connectivity index (χ1n) is 7.34. The molecule has 1 aromatic rings. The number of halogens is 2. The van der Waals surface area contributed by atoms with Gasteiger partial charge in [0.15, 0.2) is 0 Å². The van der Waals surface area contributed by atoms with Gasteiger partial charge in [-0.05, 0) is 37.8 Å². The fourth-order valence-corrected chi connectivity index (χ4v) is 3.59. The zero-order valence-electron chi connectivity index (χ0n) is 12.0. The van der Waals surface area contributed by atoms with Gasteiger partial charge in [-0.1, -0.05) is 12.8 Å². The molecule has 2 amide bonds. The number of anilines is 1. The van der Waals surface area contributed by atoms with Crippen LogP contribution < -0.4 is 10.6 Å². The second kappa shape index (κ2) is 5.34. The Morgan fingerprint density at radius 3 is 2.50 bits per heavy atom. The summed E-state index contributed by atoms with van der Waals surface area (Å²) in [5.74, 6) is -2.50. The molecule has 2 unspecified atom stereocenters. The van der Waals surface area contributed by atoms with Gasteiger partial charge in [0.2, 0.25) is 11.8 Å². The molecule has 6 heteroatoms. The average molecular weight is 307 g/mol. The smallest absolute Gasteiger partial charge is 0.240 e. The SMILES string of the molecule is NC(=O)C1CC2(C[CH]CCC2)C(=O)N1c1cc(F)cc(F)c1. The average Bonchev–Trinajstić information content (AvgIpc) is 2.72. The highest BCUT2D eigenvalue weighted by atomic mass is 19.1. The second-order valence-corrected chi connectivity index (χ2v) is 6.09. The first kappa shape index (κ1) is 14.9. The molecule has 2 aliphatic rings. The van der Waals surface area contributed by atoms with Crippen LogP contribution in [0.25, 0.3) is 0 Å². The Morgan fingerprint density at radius 2 is 1.95 bits per heavy atom. The van der Waals surface area contributed by atoms with E-state index in [4.69, 9.17) is 5.73 Å². The minimum Gasteiger partial charge on any atom is -0.368 e. The lowest BCUT2D eigenvalue weighted by Gasteiger charge is -2.31. The van der Waals surface area contributed by atoms with Crippen LogP contribution in [0.3, 0.4) is 0 Å². The predicted octanol–water partition coefficient (Wildman–Crippen LogP) is 2.32. The predicted molar refractivity (Wildman–Crippen MR) is 76.6 cm³/mol. The first-order chi connectivity index (χ1) is 10.4. The molecule has 1 saturated heterocycles. The second-order valence-electron chi connectivity index (χ2n) is 6.09. The topological polar surface area (TPSA) is 63.4 Å². The Morgan fingerprint density at radius 1 is 1.27 bits per heavy atom. The summed E-state index contributed by atoms with van der Waals surface area (Å²) in [5.41, 5.74) is 4.81. The normalized spacial score (nSPS) is 24.0. The number of carbonyl (C=O) groups is 2. The van der Waals surface area contributed by atoms with Crippen molar-refractivity contribution >= 4 is 17.5 Å². The van der Waals surface area contributed by atoms with Gasteiger partial charge in [0.1, 0.15) is 17.7 Å². The summed E-state index contributed by atoms with van der Waals surface area (Å²) in [5, 5.41) is 0. The number of nitrogens with two attached hydrogens (primary N) is 1. The van der Waals surface area contributed by atoms with Crippen LogP contribution in [0.5, 0.6) is 0 Å². The Hall–Kier alpha value is -1.98. The maximum absolute atomic E-state index is 13.5. The van der Waals surface area contributed by atoms with E-state index in [1.807, 2.05) is 6.42 Å². The summed E-state index contributed by atoms with van der Waals surface area (Å²) >= 11 is 0. The maximum atomic E-state index is 13.5. The van der Waals surface area contributed by atoms with Gasteiger partial charge in [-0.2, -0.15) is 0 Å². The van der Waals surface area contributed by atoms with E-state index in [-0.39, 0.29) is 11.6 Å². The van der Waals surface area contributed by atoms with Crippen molar-refractivity contribution in [3.63, 3.8) is 0 Å². The molecule has 0 aromatic heterocycles. The van der Waals surface area contributed by atoms with Crippen LogP contribution in [0.4, 0.5) is 14.5 Å². The number of benzene rings is 1. The summed E-state index contributed by atoms with van der Waals surface area (Å²) in [4.78, 5) is 25.8. The summed E-state index contributed by atoms with van der Waals surface area (Å²) in [6.45, 7) is 0. The molecule has 1 radical (unpaired) electrons. The Kier molecular flexibility index (Phi) is 3.62. The van der Waals surface area contributed by atoms with Crippen molar-refractivity contribution in [2.24, 2.45) is 11.1 Å². The number of hydrogen-bond acceptors (Lipinski definition) is 2. The van der Waals surface area contributed by atoms with Gasteiger partial charge >= 0.3 is 0 Å². The molecule has 0 bridgehead atoms. The van der Waals surface area contributed by atoms with E-state index in [2.05, 4.69) is 0 Å². The molecule has 1 saturated carbocycles. The zero-order valence-corrected chi connectivity index (χ0v) is 12.0. The molecular formula is C16H17F2N2O2. The van der Waals surface area contributed by atoms with Crippen molar-refractivity contribution < 1.29 is 18.4 Å². The van der Waals surface area contributed by atoms with E-state index in [0.29, 0.717) is 19.3 Å². The molecule has 1 heterocycles. The van der Waals surface area contributed by atoms with Gasteiger partial charge < -0.3 is 5.73 Å². The van der Waals surface area contributed by atoms with E-state index < -0.39 is 29.0 Å². The fraction of sp³-hybridized carbons (Fsp3) is 0.438. The Bertz CT molecular complexity index is 606. The highest BCUT2D eigenvalue weighted by Gasteiger charge is 2.53. The van der Waals surface area contributed by atoms with Crippen LogP contribution >= 0.6 is 0 Å². The highest BCUT2D eigenvalue weighted by Crippen LogP contribution is 2.48. The van der Waals surface area contributed by atoms with Crippen molar-refractivity contribution in [1.82, 2.24) is 0 Å². The lowest BCUT2D eigenvalue weighted by Crippen LogP contribution is -2.43. The molecular weight excluding hydrogens is 290 g/mol. The number of primary amides is 1. The Labute approximate surface area is 127 Å². The summed E-state index contributed by atoms with van der Waals surface area (Å²) in [6.07, 6.45) is 5.38. The van der Waals surface area contributed by atoms with Crippen LogP contribution in [-0.2, 0) is 9.59 Å². The molecule has 1 aromatic carbocycles. The number of nitrogens with zero attached hydrogens (tertiary/aromatic N) is 1. The Balaban J connectivity index is 2.03. The zero-order chi connectivity index (χ0) is 15.9. The molecule has 1 spiro atoms. The molecule has 3 rings (SSSR count). The third kappa shape index (κ3) is 2.36. The van der Waals surface area contributed by atoms with Crippen molar-refractivity contribution in [3.05, 3.63) is 36.3 Å². The third-order valence-corrected chi connectivity index (χ3v) is 4.62. The monoisotopic (exact) mass is 307 g/mol. The van der Waals surface area contributed by atoms with Crippen molar-refractivity contribution in [3.8, 4) is 0 Å². The summed E-state index contributed by atoms with van der Waals surface area (Å²) in [6, 6.07) is 1.98. The molecule has 2 N–H and O–H groups in total. The largest absolute Gasteiger partial charge is 0.368 e. The molecule has 1 aliphatic carbocycles. The first-order valence-corrected chi connectivity index (χ1v) is 7.34. The summed E-state index contributed by atoms with van der Waals surface area (Å²) in [7, 11) is 0. The van der Waals surface area contributed by atoms with Gasteiger partial charge in [-0.15, -0.1) is 0 Å². The van der Waals surface area contributed by atoms with Gasteiger partial charge in [0.05, 0.1) is 11.1 Å². The van der Waals surface area contributed by atoms with E-state index in [0.717, 1.165) is 31.0 Å². The van der Waals surface area contributed by atoms with E-state index >= 15 is 0 Å². The molecule has 2 fully saturated rings. The van der Waals surface area contributed by atoms with Crippen LogP contribution in [0.1, 0.15) is 32.1 Å². The van der Waals surface area contributed by atoms with Crippen molar-refractivity contribution in [1.29, 1.82) is 0 Å². The van der Waals surface area contributed by atoms with Crippen molar-refractivity contribution in [2.75, 3.05) is 4.90 Å². The van der Waals surface area contributed by atoms with Gasteiger partial charge in [-0.3, -0.25) is 14.5 Å². The van der Waals surface area contributed by atoms with Gasteiger partial charge in [0.25, 0.3) is 0 Å². The standard InChI is InChI=1S/C16H17F2N2O2/c17-10-6-11(18)8-12(7-10)20-13(14(19)21)9-16(15(20)22)4-2-1-3-5-16/h2,6-8,13H,1,3-5,9H2,(H2,19,21). The van der Waals surface area contributed by atoms with Crippen molar-refractivity contribution in [2.45, 2.75) is 38.1 Å². The van der Waals surface area contributed by atoms with Crippen LogP contribution in [0.15, 0.2) is 18.2 Å². The molecule has 2 atom stereocenters. The number of rotatable bonds is 2. The quantitative estimate of drug-likeness (QED) is 0.911. The third-order valence-electron chi connectivity index (χ3n) is 4.62.